The van der Waals surface area contributed by atoms with Gasteiger partial charge in [0.2, 0.25) is 5.91 Å². The Hall–Kier alpha value is -3.89. The molecule has 2 aromatic heterocycles. The van der Waals surface area contributed by atoms with Crippen LogP contribution in [-0.2, 0) is 15.1 Å². The van der Waals surface area contributed by atoms with Crippen molar-refractivity contribution in [1.29, 1.82) is 0 Å². The van der Waals surface area contributed by atoms with Crippen molar-refractivity contribution in [2.45, 2.75) is 45.3 Å². The van der Waals surface area contributed by atoms with Gasteiger partial charge in [0.05, 0.1) is 21.8 Å². The standard InChI is InChI=1S/C29H28Cl2FN5O4/c1-17(38)35-14-11-29(16-35,24-22(32)8-7-21(30)25(24)31)34-19-6-5-18-10-13-36(26(39)20(18)15-19)23-9-12-33-37(23)27(40)41-28(2,3)4/h5-10,12-13,15,34H,11,14,16H2,1-4H3/t29-/m1/s1. The zero-order valence-electron chi connectivity index (χ0n) is 22.9. The van der Waals surface area contributed by atoms with E-state index in [0.29, 0.717) is 29.4 Å². The molecule has 0 unspecified atom stereocenters. The van der Waals surface area contributed by atoms with Gasteiger partial charge in [0.25, 0.3) is 5.56 Å². The number of nitrogens with zero attached hydrogens (tertiary/aromatic N) is 4. The first-order valence-electron chi connectivity index (χ1n) is 12.9. The summed E-state index contributed by atoms with van der Waals surface area (Å²) in [7, 11) is 0. The van der Waals surface area contributed by atoms with E-state index in [-0.39, 0.29) is 33.9 Å². The van der Waals surface area contributed by atoms with Crippen LogP contribution in [0.25, 0.3) is 16.6 Å². The number of benzene rings is 2. The lowest BCUT2D eigenvalue weighted by atomic mass is 9.87. The molecule has 1 N–H and O–H groups in total. The van der Waals surface area contributed by atoms with Crippen LogP contribution in [0.4, 0.5) is 14.9 Å². The van der Waals surface area contributed by atoms with Crippen molar-refractivity contribution in [2.75, 3.05) is 18.4 Å². The quantitative estimate of drug-likeness (QED) is 0.290. The minimum Gasteiger partial charge on any atom is -0.442 e. The van der Waals surface area contributed by atoms with Gasteiger partial charge in [0, 0.05) is 48.9 Å². The number of anilines is 1. The molecule has 0 bridgehead atoms. The number of amides is 1. The molecule has 1 amide bonds. The Kier molecular flexibility index (Phi) is 7.33. The largest absolute Gasteiger partial charge is 0.442 e. The van der Waals surface area contributed by atoms with Crippen LogP contribution in [0, 0.1) is 5.82 Å². The number of fused-ring (bicyclic) bond motifs is 1. The lowest BCUT2D eigenvalue weighted by molar-refractivity contribution is -0.127. The van der Waals surface area contributed by atoms with Gasteiger partial charge in [-0.25, -0.2) is 9.18 Å². The van der Waals surface area contributed by atoms with Gasteiger partial charge in [-0.15, -0.1) is 4.68 Å². The third-order valence-corrected chi connectivity index (χ3v) is 7.77. The van der Waals surface area contributed by atoms with Crippen molar-refractivity contribution in [2.24, 2.45) is 0 Å². The molecule has 12 heteroatoms. The summed E-state index contributed by atoms with van der Waals surface area (Å²) in [5.74, 6) is -0.507. The highest BCUT2D eigenvalue weighted by Crippen LogP contribution is 2.43. The second kappa shape index (κ2) is 10.5. The van der Waals surface area contributed by atoms with Gasteiger partial charge in [-0.2, -0.15) is 5.10 Å². The predicted molar refractivity (Wildman–Crippen MR) is 156 cm³/mol. The Bertz CT molecular complexity index is 1750. The number of hydrogen-bond acceptors (Lipinski definition) is 6. The van der Waals surface area contributed by atoms with Crippen LogP contribution in [0.2, 0.25) is 10.0 Å². The highest BCUT2D eigenvalue weighted by molar-refractivity contribution is 6.42. The molecule has 0 spiro atoms. The first kappa shape index (κ1) is 28.6. The Morgan fingerprint density at radius 1 is 1.12 bits per heavy atom. The molecule has 0 saturated carbocycles. The van der Waals surface area contributed by atoms with Crippen molar-refractivity contribution < 1.29 is 18.7 Å². The summed E-state index contributed by atoms with van der Waals surface area (Å²) in [5.41, 5.74) is -1.60. The summed E-state index contributed by atoms with van der Waals surface area (Å²) in [6.07, 6.45) is 2.59. The van der Waals surface area contributed by atoms with Gasteiger partial charge in [0.1, 0.15) is 17.2 Å². The number of likely N-dealkylation sites (tertiary alicyclic amines) is 1. The Morgan fingerprint density at radius 3 is 2.56 bits per heavy atom. The van der Waals surface area contributed by atoms with E-state index in [1.54, 1.807) is 56.1 Å². The SMILES string of the molecule is CC(=O)N1CC[C@](Nc2ccc3ccn(-c4ccnn4C(=O)OC(C)(C)C)c(=O)c3c2)(c2c(F)ccc(Cl)c2Cl)C1. The number of carbonyl (C=O) groups excluding carboxylic acids is 2. The normalized spacial score (nSPS) is 17.2. The third-order valence-electron chi connectivity index (χ3n) is 6.96. The fourth-order valence-electron chi connectivity index (χ4n) is 5.11. The Morgan fingerprint density at radius 2 is 1.88 bits per heavy atom. The molecule has 4 aromatic rings. The van der Waals surface area contributed by atoms with E-state index in [4.69, 9.17) is 27.9 Å². The van der Waals surface area contributed by atoms with Crippen LogP contribution in [0.5, 0.6) is 0 Å². The van der Waals surface area contributed by atoms with Crippen molar-refractivity contribution in [3.05, 3.63) is 86.6 Å². The summed E-state index contributed by atoms with van der Waals surface area (Å²) in [6.45, 7) is 7.18. The molecular weight excluding hydrogens is 572 g/mol. The van der Waals surface area contributed by atoms with Crippen LogP contribution in [0.15, 0.2) is 59.7 Å². The molecule has 1 fully saturated rings. The fraction of sp³-hybridized carbons (Fsp3) is 0.310. The summed E-state index contributed by atoms with van der Waals surface area (Å²) in [6, 6.07) is 11.1. The molecule has 1 aliphatic rings. The average molecular weight is 600 g/mol. The van der Waals surface area contributed by atoms with E-state index >= 15 is 4.39 Å². The maximum absolute atomic E-state index is 15.3. The van der Waals surface area contributed by atoms with Crippen LogP contribution in [0.1, 0.15) is 39.7 Å². The summed E-state index contributed by atoms with van der Waals surface area (Å²) < 4.78 is 23.1. The first-order chi connectivity index (χ1) is 19.3. The van der Waals surface area contributed by atoms with Crippen LogP contribution >= 0.6 is 23.2 Å². The number of carbonyl (C=O) groups is 2. The lowest BCUT2D eigenvalue weighted by Gasteiger charge is -2.33. The first-order valence-corrected chi connectivity index (χ1v) is 13.7. The van der Waals surface area contributed by atoms with E-state index < -0.39 is 28.6 Å². The molecule has 0 radical (unpaired) electrons. The predicted octanol–water partition coefficient (Wildman–Crippen LogP) is 5.98. The molecule has 3 heterocycles. The van der Waals surface area contributed by atoms with Gasteiger partial charge in [0.15, 0.2) is 0 Å². The molecule has 5 rings (SSSR count). The van der Waals surface area contributed by atoms with E-state index in [2.05, 4.69) is 10.4 Å². The maximum atomic E-state index is 15.3. The summed E-state index contributed by atoms with van der Waals surface area (Å²) in [4.78, 5) is 40.3. The average Bonchev–Trinajstić information content (AvgIpc) is 3.55. The second-order valence-electron chi connectivity index (χ2n) is 11.0. The fourth-order valence-corrected chi connectivity index (χ4v) is 5.60. The van der Waals surface area contributed by atoms with Gasteiger partial charge < -0.3 is 15.0 Å². The number of hydrogen-bond donors (Lipinski definition) is 1. The van der Waals surface area contributed by atoms with Crippen LogP contribution < -0.4 is 10.9 Å². The van der Waals surface area contributed by atoms with E-state index in [9.17, 15) is 14.4 Å². The number of aromatic nitrogens is 3. The molecule has 41 heavy (non-hydrogen) atoms. The number of ether oxygens (including phenoxy) is 1. The van der Waals surface area contributed by atoms with Crippen LogP contribution in [-0.4, -0.2) is 49.9 Å². The smallest absolute Gasteiger partial charge is 0.437 e. The minimum atomic E-state index is -1.10. The zero-order valence-corrected chi connectivity index (χ0v) is 24.4. The third kappa shape index (κ3) is 5.41. The van der Waals surface area contributed by atoms with E-state index in [0.717, 1.165) is 4.68 Å². The van der Waals surface area contributed by atoms with Gasteiger partial charge in [-0.1, -0.05) is 29.3 Å². The number of pyridine rings is 1. The maximum Gasteiger partial charge on any atom is 0.437 e. The Balaban J connectivity index is 1.59. The highest BCUT2D eigenvalue weighted by Gasteiger charge is 2.44. The molecule has 1 atom stereocenters. The molecule has 2 aromatic carbocycles. The molecule has 1 aliphatic heterocycles. The van der Waals surface area contributed by atoms with Crippen molar-refractivity contribution in [3.8, 4) is 5.82 Å². The topological polar surface area (TPSA) is 98.5 Å². The second-order valence-corrected chi connectivity index (χ2v) is 11.8. The molecule has 214 valence electrons. The van der Waals surface area contributed by atoms with Gasteiger partial charge in [-0.05, 0) is 62.9 Å². The molecule has 9 nitrogen and oxygen atoms in total. The van der Waals surface area contributed by atoms with Crippen molar-refractivity contribution in [3.63, 3.8) is 0 Å². The van der Waals surface area contributed by atoms with Crippen molar-refractivity contribution >= 4 is 51.7 Å². The van der Waals surface area contributed by atoms with Crippen LogP contribution in [0.3, 0.4) is 0 Å². The van der Waals surface area contributed by atoms with Gasteiger partial charge in [-0.3, -0.25) is 14.2 Å². The highest BCUT2D eigenvalue weighted by atomic mass is 35.5. The monoisotopic (exact) mass is 599 g/mol. The Labute approximate surface area is 245 Å². The zero-order chi connectivity index (χ0) is 29.7. The summed E-state index contributed by atoms with van der Waals surface area (Å²) in [5, 5.41) is 8.66. The molecular formula is C29H28Cl2FN5O4. The number of halogens is 3. The lowest BCUT2D eigenvalue weighted by Crippen LogP contribution is -2.40. The minimum absolute atomic E-state index is 0.0584. The van der Waals surface area contributed by atoms with E-state index in [1.807, 2.05) is 0 Å². The van der Waals surface area contributed by atoms with E-state index in [1.165, 1.54) is 35.9 Å². The number of nitrogens with one attached hydrogen (secondary N) is 1. The van der Waals surface area contributed by atoms with Gasteiger partial charge >= 0.3 is 6.09 Å². The molecule has 0 aliphatic carbocycles. The molecule has 1 saturated heterocycles. The van der Waals surface area contributed by atoms with Crippen molar-refractivity contribution in [1.82, 2.24) is 19.2 Å². The summed E-state index contributed by atoms with van der Waals surface area (Å²) >= 11 is 12.8. The number of rotatable bonds is 4.